The van der Waals surface area contributed by atoms with Gasteiger partial charge in [-0.15, -0.1) is 0 Å². The minimum Gasteiger partial charge on any atom is -0.279 e. The monoisotopic (exact) mass is 291 g/mol. The summed E-state index contributed by atoms with van der Waals surface area (Å²) in [5, 5.41) is 1.13. The number of fused-ring (bicyclic) bond motifs is 1. The van der Waals surface area contributed by atoms with Gasteiger partial charge in [0.1, 0.15) is 0 Å². The second-order valence-electron chi connectivity index (χ2n) is 4.54. The number of amides is 1. The Labute approximate surface area is 121 Å². The van der Waals surface area contributed by atoms with Gasteiger partial charge in [0.25, 0.3) is 0 Å². The van der Waals surface area contributed by atoms with Crippen molar-refractivity contribution in [3.63, 3.8) is 0 Å². The van der Waals surface area contributed by atoms with Gasteiger partial charge < -0.3 is 0 Å². The van der Waals surface area contributed by atoms with Gasteiger partial charge >= 0.3 is 0 Å². The molecule has 0 aromatic heterocycles. The molecule has 0 unspecified atom stereocenters. The second kappa shape index (κ2) is 4.55. The number of benzene rings is 2. The highest BCUT2D eigenvalue weighted by Gasteiger charge is 2.29. The molecule has 19 heavy (non-hydrogen) atoms. The van der Waals surface area contributed by atoms with Crippen LogP contribution in [-0.2, 0) is 11.2 Å². The fraction of sp³-hybridized carbons (Fsp3) is 0.133. The van der Waals surface area contributed by atoms with Gasteiger partial charge in [0.05, 0.1) is 22.8 Å². The number of halogens is 2. The molecule has 1 amide bonds. The van der Waals surface area contributed by atoms with Crippen LogP contribution >= 0.6 is 23.2 Å². The van der Waals surface area contributed by atoms with Crippen LogP contribution in [0.3, 0.4) is 0 Å². The third-order valence-electron chi connectivity index (χ3n) is 3.36. The van der Waals surface area contributed by atoms with Crippen LogP contribution in [0.15, 0.2) is 36.4 Å². The number of nitrogens with zero attached hydrogens (tertiary/aromatic N) is 1. The lowest BCUT2D eigenvalue weighted by Gasteiger charge is -2.20. The molecule has 0 aliphatic carbocycles. The Kier molecular flexibility index (Phi) is 3.00. The van der Waals surface area contributed by atoms with Gasteiger partial charge in [0, 0.05) is 5.02 Å². The largest absolute Gasteiger partial charge is 0.279 e. The molecule has 0 radical (unpaired) electrons. The highest BCUT2D eigenvalue weighted by molar-refractivity contribution is 6.38. The summed E-state index contributed by atoms with van der Waals surface area (Å²) in [5.74, 6) is 0.0322. The van der Waals surface area contributed by atoms with E-state index in [2.05, 4.69) is 0 Å². The Hall–Kier alpha value is -1.51. The third kappa shape index (κ3) is 1.92. The van der Waals surface area contributed by atoms with Crippen LogP contribution in [0.5, 0.6) is 0 Å². The summed E-state index contributed by atoms with van der Waals surface area (Å²) >= 11 is 12.4. The zero-order valence-corrected chi connectivity index (χ0v) is 11.8. The molecule has 4 heteroatoms. The van der Waals surface area contributed by atoms with E-state index in [-0.39, 0.29) is 5.91 Å². The Balaban J connectivity index is 2.18. The number of hydrogen-bond acceptors (Lipinski definition) is 1. The molecule has 0 atom stereocenters. The van der Waals surface area contributed by atoms with E-state index >= 15 is 0 Å². The smallest absolute Gasteiger partial charge is 0.236 e. The maximum absolute atomic E-state index is 12.2. The minimum atomic E-state index is 0.0322. The first-order chi connectivity index (χ1) is 9.09. The molecule has 0 N–H and O–H groups in total. The molecule has 0 saturated carbocycles. The molecular formula is C15H11Cl2NO. The average Bonchev–Trinajstić information content (AvgIpc) is 2.73. The molecule has 2 aromatic carbocycles. The van der Waals surface area contributed by atoms with Crippen molar-refractivity contribution in [3.05, 3.63) is 57.6 Å². The van der Waals surface area contributed by atoms with E-state index in [0.717, 1.165) is 16.8 Å². The van der Waals surface area contributed by atoms with Gasteiger partial charge in [0.15, 0.2) is 0 Å². The minimum absolute atomic E-state index is 0.0322. The zero-order chi connectivity index (χ0) is 13.6. The van der Waals surface area contributed by atoms with Gasteiger partial charge in [-0.05, 0) is 36.2 Å². The number of carbonyl (C=O) groups excluding carboxylic acids is 1. The van der Waals surface area contributed by atoms with Gasteiger partial charge in [-0.1, -0.05) is 41.4 Å². The first kappa shape index (κ1) is 12.5. The summed E-state index contributed by atoms with van der Waals surface area (Å²) in [7, 11) is 0. The van der Waals surface area contributed by atoms with Gasteiger partial charge in [0.2, 0.25) is 5.91 Å². The molecule has 0 bridgehead atoms. The first-order valence-electron chi connectivity index (χ1n) is 5.95. The highest BCUT2D eigenvalue weighted by Crippen LogP contribution is 2.41. The molecule has 96 valence electrons. The van der Waals surface area contributed by atoms with Crippen molar-refractivity contribution < 1.29 is 4.79 Å². The standard InChI is InChI=1S/C15H11Cl2NO/c1-9-11(16)6-7-13(15(9)17)18-12-5-3-2-4-10(12)8-14(18)19/h2-7H,8H2,1H3. The zero-order valence-electron chi connectivity index (χ0n) is 10.3. The van der Waals surface area contributed by atoms with Gasteiger partial charge in [-0.2, -0.15) is 0 Å². The molecule has 3 rings (SSSR count). The van der Waals surface area contributed by atoms with E-state index in [9.17, 15) is 4.79 Å². The fourth-order valence-electron chi connectivity index (χ4n) is 2.34. The van der Waals surface area contributed by atoms with E-state index < -0.39 is 0 Å². The molecule has 0 saturated heterocycles. The molecule has 0 spiro atoms. The van der Waals surface area contributed by atoms with Crippen LogP contribution < -0.4 is 4.90 Å². The topological polar surface area (TPSA) is 20.3 Å². The van der Waals surface area contributed by atoms with Crippen molar-refractivity contribution in [2.75, 3.05) is 4.90 Å². The summed E-state index contributed by atoms with van der Waals surface area (Å²) < 4.78 is 0. The lowest BCUT2D eigenvalue weighted by atomic mass is 10.1. The molecule has 2 aromatic rings. The molecule has 2 nitrogen and oxygen atoms in total. The Bertz CT molecular complexity index is 682. The van der Waals surface area contributed by atoms with Crippen LogP contribution in [0.1, 0.15) is 11.1 Å². The van der Waals surface area contributed by atoms with Crippen molar-refractivity contribution >= 4 is 40.5 Å². The lowest BCUT2D eigenvalue weighted by Crippen LogP contribution is -2.21. The van der Waals surface area contributed by atoms with E-state index in [0.29, 0.717) is 22.2 Å². The van der Waals surface area contributed by atoms with Crippen molar-refractivity contribution in [1.82, 2.24) is 0 Å². The normalized spacial score (nSPS) is 13.8. The van der Waals surface area contributed by atoms with Crippen molar-refractivity contribution in [3.8, 4) is 0 Å². The van der Waals surface area contributed by atoms with E-state index in [4.69, 9.17) is 23.2 Å². The summed E-state index contributed by atoms with van der Waals surface area (Å²) in [4.78, 5) is 13.9. The Morgan fingerprint density at radius 3 is 2.58 bits per heavy atom. The van der Waals surface area contributed by atoms with Crippen LogP contribution in [0.2, 0.25) is 10.0 Å². The summed E-state index contributed by atoms with van der Waals surface area (Å²) in [5.41, 5.74) is 3.41. The van der Waals surface area contributed by atoms with E-state index in [1.165, 1.54) is 0 Å². The van der Waals surface area contributed by atoms with Crippen molar-refractivity contribution in [1.29, 1.82) is 0 Å². The number of para-hydroxylation sites is 1. The number of carbonyl (C=O) groups is 1. The van der Waals surface area contributed by atoms with Crippen molar-refractivity contribution in [2.45, 2.75) is 13.3 Å². The third-order valence-corrected chi connectivity index (χ3v) is 4.25. The number of hydrogen-bond donors (Lipinski definition) is 0. The van der Waals surface area contributed by atoms with E-state index in [1.54, 1.807) is 17.0 Å². The van der Waals surface area contributed by atoms with Gasteiger partial charge in [-0.25, -0.2) is 0 Å². The average molecular weight is 292 g/mol. The van der Waals surface area contributed by atoms with Crippen LogP contribution in [0, 0.1) is 6.92 Å². The fourth-order valence-corrected chi connectivity index (χ4v) is 2.79. The summed E-state index contributed by atoms with van der Waals surface area (Å²) in [6, 6.07) is 11.3. The van der Waals surface area contributed by atoms with Crippen LogP contribution in [0.4, 0.5) is 11.4 Å². The summed E-state index contributed by atoms with van der Waals surface area (Å²) in [6.45, 7) is 1.85. The first-order valence-corrected chi connectivity index (χ1v) is 6.70. The molecule has 0 fully saturated rings. The number of anilines is 2. The van der Waals surface area contributed by atoms with Crippen LogP contribution in [0.25, 0.3) is 0 Å². The van der Waals surface area contributed by atoms with Gasteiger partial charge in [-0.3, -0.25) is 9.69 Å². The lowest BCUT2D eigenvalue weighted by molar-refractivity contribution is -0.116. The summed E-state index contributed by atoms with van der Waals surface area (Å²) in [6.07, 6.45) is 0.411. The van der Waals surface area contributed by atoms with Crippen molar-refractivity contribution in [2.24, 2.45) is 0 Å². The predicted octanol–water partition coefficient (Wildman–Crippen LogP) is 4.52. The van der Waals surface area contributed by atoms with Crippen LogP contribution in [-0.4, -0.2) is 5.91 Å². The predicted molar refractivity (Wildman–Crippen MR) is 78.5 cm³/mol. The molecule has 1 aliphatic heterocycles. The molecule has 1 aliphatic rings. The van der Waals surface area contributed by atoms with E-state index in [1.807, 2.05) is 31.2 Å². The molecule has 1 heterocycles. The SMILES string of the molecule is Cc1c(Cl)ccc(N2C(=O)Cc3ccccc32)c1Cl. The molecular weight excluding hydrogens is 281 g/mol. The maximum Gasteiger partial charge on any atom is 0.236 e. The maximum atomic E-state index is 12.2. The second-order valence-corrected chi connectivity index (χ2v) is 5.33. The Morgan fingerprint density at radius 1 is 1.05 bits per heavy atom. The quantitative estimate of drug-likeness (QED) is 0.756. The number of rotatable bonds is 1. The Morgan fingerprint density at radius 2 is 1.79 bits per heavy atom. The highest BCUT2D eigenvalue weighted by atomic mass is 35.5.